The van der Waals surface area contributed by atoms with E-state index in [4.69, 9.17) is 0 Å². The Bertz CT molecular complexity index is 933. The largest absolute Gasteiger partial charge is 0.377 e. The normalized spacial score (nSPS) is 14.3. The van der Waals surface area contributed by atoms with Crippen LogP contribution in [0.5, 0.6) is 0 Å². The van der Waals surface area contributed by atoms with Crippen molar-refractivity contribution in [1.29, 1.82) is 0 Å². The molecule has 0 fully saturated rings. The van der Waals surface area contributed by atoms with Crippen molar-refractivity contribution in [3.05, 3.63) is 115 Å². The van der Waals surface area contributed by atoms with Gasteiger partial charge in [0.05, 0.1) is 22.1 Å². The molecule has 0 spiro atoms. The second kappa shape index (κ2) is 9.86. The summed E-state index contributed by atoms with van der Waals surface area (Å²) in [6.45, 7) is 6.00. The Labute approximate surface area is 170 Å². The highest BCUT2D eigenvalue weighted by Gasteiger charge is 2.23. The fraction of sp³-hybridized carbons (Fsp3) is 0.120. The fourth-order valence-electron chi connectivity index (χ4n) is 2.94. The zero-order valence-electron chi connectivity index (χ0n) is 16.0. The van der Waals surface area contributed by atoms with Gasteiger partial charge in [0.2, 0.25) is 0 Å². The van der Waals surface area contributed by atoms with Gasteiger partial charge in [0, 0.05) is 10.6 Å². The number of nitrogens with one attached hydrogen (secondary N) is 1. The average molecular weight is 388 g/mol. The molecule has 0 aromatic heterocycles. The van der Waals surface area contributed by atoms with E-state index < -0.39 is 10.8 Å². The Kier molecular flexibility index (Phi) is 6.99. The number of anilines is 1. The lowest BCUT2D eigenvalue weighted by Crippen LogP contribution is -2.33. The summed E-state index contributed by atoms with van der Waals surface area (Å²) in [5.74, 6) is 0. The number of hydrogen-bond acceptors (Lipinski definition) is 2. The molecule has 0 aliphatic heterocycles. The highest BCUT2D eigenvalue weighted by atomic mass is 32.2. The van der Waals surface area contributed by atoms with Crippen LogP contribution in [-0.4, -0.2) is 15.5 Å². The van der Waals surface area contributed by atoms with Crippen LogP contribution in [0.4, 0.5) is 5.69 Å². The van der Waals surface area contributed by atoms with Crippen molar-refractivity contribution in [2.75, 3.05) is 5.32 Å². The van der Waals surface area contributed by atoms with Crippen molar-refractivity contribution < 1.29 is 4.21 Å². The molecule has 0 radical (unpaired) electrons. The van der Waals surface area contributed by atoms with E-state index in [-0.39, 0.29) is 11.3 Å². The van der Waals surface area contributed by atoms with Crippen LogP contribution in [0.1, 0.15) is 11.1 Å². The molecule has 0 saturated heterocycles. The molecule has 0 amide bonds. The lowest BCUT2D eigenvalue weighted by molar-refractivity contribution is 0.673. The first-order valence-corrected chi connectivity index (χ1v) is 10.5. The molecule has 3 aromatic rings. The molecule has 3 atom stereocenters. The van der Waals surface area contributed by atoms with Crippen molar-refractivity contribution in [1.82, 2.24) is 0 Å². The van der Waals surface area contributed by atoms with Crippen molar-refractivity contribution in [2.45, 2.75) is 23.1 Å². The van der Waals surface area contributed by atoms with Gasteiger partial charge in [0.25, 0.3) is 0 Å². The van der Waals surface area contributed by atoms with Crippen molar-refractivity contribution in [3.8, 4) is 0 Å². The number of aryl methyl sites for hydroxylation is 1. The SMILES string of the molecule is C=C[C@H]([C@H](/C=C\c1ccccc1)Nc1ccccc1)[S@@](=O)c1ccc(C)cc1. The summed E-state index contributed by atoms with van der Waals surface area (Å²) in [7, 11) is -1.22. The molecule has 28 heavy (non-hydrogen) atoms. The molecule has 3 aromatic carbocycles. The van der Waals surface area contributed by atoms with Gasteiger partial charge in [-0.1, -0.05) is 84.5 Å². The van der Waals surface area contributed by atoms with E-state index in [1.165, 1.54) is 0 Å². The van der Waals surface area contributed by atoms with Crippen molar-refractivity contribution in [2.24, 2.45) is 0 Å². The molecule has 0 unspecified atom stereocenters. The standard InChI is InChI=1S/C25H25NOS/c1-3-25(28(27)23-17-14-20(2)15-18-23)24(26-22-12-8-5-9-13-22)19-16-21-10-6-4-7-11-21/h3-19,24-26H,1H2,2H3/b19-16-/t24-,25+,28-/m0/s1. The summed E-state index contributed by atoms with van der Waals surface area (Å²) in [5, 5.41) is 3.24. The topological polar surface area (TPSA) is 29.1 Å². The second-order valence-electron chi connectivity index (χ2n) is 6.62. The molecule has 0 saturated carbocycles. The summed E-state index contributed by atoms with van der Waals surface area (Å²) < 4.78 is 13.3. The molecule has 2 nitrogen and oxygen atoms in total. The van der Waals surface area contributed by atoms with Gasteiger partial charge < -0.3 is 5.32 Å². The zero-order valence-corrected chi connectivity index (χ0v) is 16.8. The Morgan fingerprint density at radius 1 is 0.893 bits per heavy atom. The van der Waals surface area contributed by atoms with Crippen molar-refractivity contribution >= 4 is 22.6 Å². The van der Waals surface area contributed by atoms with Crippen LogP contribution < -0.4 is 5.32 Å². The van der Waals surface area contributed by atoms with Crippen LogP contribution in [-0.2, 0) is 10.8 Å². The second-order valence-corrected chi connectivity index (χ2v) is 8.23. The smallest absolute Gasteiger partial charge is 0.0809 e. The van der Waals surface area contributed by atoms with Gasteiger partial charge in [-0.2, -0.15) is 0 Å². The molecule has 0 bridgehead atoms. The van der Waals surface area contributed by atoms with E-state index in [0.29, 0.717) is 0 Å². The minimum absolute atomic E-state index is 0.165. The first-order chi connectivity index (χ1) is 13.7. The maximum absolute atomic E-state index is 13.3. The average Bonchev–Trinajstić information content (AvgIpc) is 2.74. The molecular formula is C25H25NOS. The molecule has 0 aliphatic carbocycles. The van der Waals surface area contributed by atoms with Crippen LogP contribution in [0, 0.1) is 6.92 Å². The minimum Gasteiger partial charge on any atom is -0.377 e. The third-order valence-corrected chi connectivity index (χ3v) is 6.21. The van der Waals surface area contributed by atoms with Gasteiger partial charge >= 0.3 is 0 Å². The van der Waals surface area contributed by atoms with Crippen LogP contribution in [0.25, 0.3) is 6.08 Å². The van der Waals surface area contributed by atoms with E-state index in [9.17, 15) is 4.21 Å². The predicted molar refractivity (Wildman–Crippen MR) is 121 cm³/mol. The molecule has 1 N–H and O–H groups in total. The van der Waals surface area contributed by atoms with E-state index in [2.05, 4.69) is 36.2 Å². The van der Waals surface area contributed by atoms with Gasteiger partial charge in [-0.05, 0) is 36.8 Å². The summed E-state index contributed by atoms with van der Waals surface area (Å²) in [4.78, 5) is 0.809. The van der Waals surface area contributed by atoms with E-state index in [1.54, 1.807) is 6.08 Å². The van der Waals surface area contributed by atoms with Crippen LogP contribution >= 0.6 is 0 Å². The van der Waals surface area contributed by atoms with E-state index in [1.807, 2.05) is 79.7 Å². The zero-order chi connectivity index (χ0) is 19.8. The summed E-state index contributed by atoms with van der Waals surface area (Å²) in [5.41, 5.74) is 3.24. The summed E-state index contributed by atoms with van der Waals surface area (Å²) in [6, 6.07) is 27.8. The highest BCUT2D eigenvalue weighted by molar-refractivity contribution is 7.86. The minimum atomic E-state index is -1.22. The molecule has 3 heteroatoms. The van der Waals surface area contributed by atoms with E-state index in [0.717, 1.165) is 21.7 Å². The van der Waals surface area contributed by atoms with Gasteiger partial charge in [-0.3, -0.25) is 4.21 Å². The Balaban J connectivity index is 1.90. The van der Waals surface area contributed by atoms with Crippen molar-refractivity contribution in [3.63, 3.8) is 0 Å². The number of benzene rings is 3. The van der Waals surface area contributed by atoms with Crippen LogP contribution in [0.3, 0.4) is 0 Å². The molecule has 0 aliphatic rings. The first kappa shape index (κ1) is 19.8. The molecule has 142 valence electrons. The predicted octanol–water partition coefficient (Wildman–Crippen LogP) is 5.85. The van der Waals surface area contributed by atoms with Crippen LogP contribution in [0.15, 0.2) is 109 Å². The first-order valence-electron chi connectivity index (χ1n) is 9.32. The maximum atomic E-state index is 13.3. The maximum Gasteiger partial charge on any atom is 0.0809 e. The van der Waals surface area contributed by atoms with Gasteiger partial charge in [0.1, 0.15) is 0 Å². The molecule has 3 rings (SSSR count). The number of hydrogen-bond donors (Lipinski definition) is 1. The van der Waals surface area contributed by atoms with Gasteiger partial charge in [-0.15, -0.1) is 6.58 Å². The Hall–Kier alpha value is -2.91. The number of para-hydroxylation sites is 1. The summed E-state index contributed by atoms with van der Waals surface area (Å²) in [6.07, 6.45) is 5.91. The number of rotatable bonds is 8. The summed E-state index contributed by atoms with van der Waals surface area (Å²) >= 11 is 0. The van der Waals surface area contributed by atoms with Gasteiger partial charge in [0.15, 0.2) is 0 Å². The molecular weight excluding hydrogens is 362 g/mol. The molecule has 0 heterocycles. The third-order valence-electron chi connectivity index (χ3n) is 4.49. The quantitative estimate of drug-likeness (QED) is 0.491. The van der Waals surface area contributed by atoms with Crippen LogP contribution in [0.2, 0.25) is 0 Å². The fourth-order valence-corrected chi connectivity index (χ4v) is 4.26. The lowest BCUT2D eigenvalue weighted by Gasteiger charge is -2.24. The Morgan fingerprint density at radius 3 is 2.11 bits per heavy atom. The lowest BCUT2D eigenvalue weighted by atomic mass is 10.1. The van der Waals surface area contributed by atoms with Gasteiger partial charge in [-0.25, -0.2) is 0 Å². The Morgan fingerprint density at radius 2 is 1.50 bits per heavy atom. The van der Waals surface area contributed by atoms with E-state index >= 15 is 0 Å². The monoisotopic (exact) mass is 387 g/mol. The highest BCUT2D eigenvalue weighted by Crippen LogP contribution is 2.20. The third kappa shape index (κ3) is 5.30.